The van der Waals surface area contributed by atoms with Crippen molar-refractivity contribution in [3.8, 4) is 11.4 Å². The molecule has 32 heavy (non-hydrogen) atoms. The Hall–Kier alpha value is -3.35. The molecule has 2 heterocycles. The van der Waals surface area contributed by atoms with Crippen molar-refractivity contribution in [3.05, 3.63) is 108 Å². The lowest BCUT2D eigenvalue weighted by atomic mass is 10.2. The Bertz CT molecular complexity index is 1340. The van der Waals surface area contributed by atoms with Gasteiger partial charge in [0, 0.05) is 23.0 Å². The maximum Gasteiger partial charge on any atom is 0.196 e. The normalized spacial score (nSPS) is 11.0. The second-order valence-electron chi connectivity index (χ2n) is 7.08. The number of aromatic nitrogens is 4. The summed E-state index contributed by atoms with van der Waals surface area (Å²) < 4.78 is 8.19. The molecule has 5 rings (SSSR count). The third-order valence-electron chi connectivity index (χ3n) is 4.96. The average molecular weight is 459 g/mol. The van der Waals surface area contributed by atoms with Crippen LogP contribution in [-0.4, -0.2) is 19.7 Å². The quantitative estimate of drug-likeness (QED) is 0.266. The van der Waals surface area contributed by atoms with E-state index in [2.05, 4.69) is 27.3 Å². The van der Waals surface area contributed by atoms with Crippen molar-refractivity contribution in [1.29, 1.82) is 0 Å². The van der Waals surface area contributed by atoms with Gasteiger partial charge < -0.3 is 4.74 Å². The summed E-state index contributed by atoms with van der Waals surface area (Å²) in [5.74, 6) is 2.18. The largest absolute Gasteiger partial charge is 0.483 e. The van der Waals surface area contributed by atoms with Gasteiger partial charge in [0.1, 0.15) is 17.9 Å². The molecule has 0 aliphatic heterocycles. The highest BCUT2D eigenvalue weighted by Crippen LogP contribution is 2.31. The highest BCUT2D eigenvalue weighted by atomic mass is 35.5. The molecule has 0 saturated carbocycles. The zero-order chi connectivity index (χ0) is 21.8. The third-order valence-corrected chi connectivity index (χ3v) is 6.29. The van der Waals surface area contributed by atoms with Crippen LogP contribution in [0, 0.1) is 0 Å². The second kappa shape index (κ2) is 9.42. The van der Waals surface area contributed by atoms with Crippen LogP contribution in [0.4, 0.5) is 0 Å². The predicted octanol–water partition coefficient (Wildman–Crippen LogP) is 6.34. The number of rotatable bonds is 7. The number of hydrogen-bond donors (Lipinski definition) is 0. The molecule has 0 N–H and O–H groups in total. The average Bonchev–Trinajstić information content (AvgIpc) is 3.26. The van der Waals surface area contributed by atoms with Gasteiger partial charge in [-0.2, -0.15) is 0 Å². The van der Waals surface area contributed by atoms with E-state index in [9.17, 15) is 0 Å². The molecule has 3 aromatic carbocycles. The first-order chi connectivity index (χ1) is 15.8. The van der Waals surface area contributed by atoms with E-state index in [4.69, 9.17) is 16.3 Å². The van der Waals surface area contributed by atoms with Gasteiger partial charge in [0.15, 0.2) is 11.0 Å². The summed E-state index contributed by atoms with van der Waals surface area (Å²) in [4.78, 5) is 4.45. The number of ether oxygens (including phenoxy) is 1. The molecule has 158 valence electrons. The van der Waals surface area contributed by atoms with Crippen molar-refractivity contribution in [2.75, 3.05) is 0 Å². The predicted molar refractivity (Wildman–Crippen MR) is 128 cm³/mol. The molecule has 5 nitrogen and oxygen atoms in total. The van der Waals surface area contributed by atoms with Gasteiger partial charge in [-0.3, -0.25) is 9.55 Å². The van der Waals surface area contributed by atoms with Crippen molar-refractivity contribution < 1.29 is 4.74 Å². The highest BCUT2D eigenvalue weighted by Gasteiger charge is 2.16. The Morgan fingerprint density at radius 2 is 1.62 bits per heavy atom. The summed E-state index contributed by atoms with van der Waals surface area (Å²) in [6.45, 7) is 0.251. The second-order valence-corrected chi connectivity index (χ2v) is 8.43. The topological polar surface area (TPSA) is 52.8 Å². The molecule has 0 amide bonds. The molecule has 0 atom stereocenters. The Labute approximate surface area is 195 Å². The number of pyridine rings is 1. The van der Waals surface area contributed by atoms with Gasteiger partial charge in [-0.15, -0.1) is 10.2 Å². The number of para-hydroxylation sites is 1. The fourth-order valence-corrected chi connectivity index (χ4v) is 4.56. The number of thioether (sulfide) groups is 1. The molecule has 0 fully saturated rings. The van der Waals surface area contributed by atoms with Gasteiger partial charge in [-0.05, 0) is 42.0 Å². The lowest BCUT2D eigenvalue weighted by molar-refractivity contribution is 0.296. The van der Waals surface area contributed by atoms with Crippen molar-refractivity contribution in [2.24, 2.45) is 0 Å². The summed E-state index contributed by atoms with van der Waals surface area (Å²) in [7, 11) is 0. The molecule has 0 aliphatic carbocycles. The van der Waals surface area contributed by atoms with Crippen LogP contribution in [0.1, 0.15) is 11.4 Å². The minimum absolute atomic E-state index is 0.251. The van der Waals surface area contributed by atoms with Crippen LogP contribution in [-0.2, 0) is 12.4 Å². The first-order valence-corrected chi connectivity index (χ1v) is 11.5. The van der Waals surface area contributed by atoms with Crippen LogP contribution in [0.3, 0.4) is 0 Å². The summed E-state index contributed by atoms with van der Waals surface area (Å²) in [6, 6.07) is 27.9. The molecule has 0 radical (unpaired) electrons. The van der Waals surface area contributed by atoms with Gasteiger partial charge in [-0.25, -0.2) is 0 Å². The Morgan fingerprint density at radius 3 is 2.44 bits per heavy atom. The van der Waals surface area contributed by atoms with Crippen LogP contribution in [0.15, 0.2) is 96.3 Å². The molecule has 5 aromatic rings. The Balaban J connectivity index is 1.44. The summed E-state index contributed by atoms with van der Waals surface area (Å²) in [6.07, 6.45) is 1.73. The fraction of sp³-hybridized carbons (Fsp3) is 0.0800. The molecule has 0 spiro atoms. The molecule has 0 bridgehead atoms. The molecule has 0 saturated heterocycles. The summed E-state index contributed by atoms with van der Waals surface area (Å²) in [5.41, 5.74) is 2.95. The Morgan fingerprint density at radius 1 is 0.844 bits per heavy atom. The first kappa shape index (κ1) is 20.5. The van der Waals surface area contributed by atoms with Crippen molar-refractivity contribution in [2.45, 2.75) is 17.5 Å². The fourth-order valence-electron chi connectivity index (χ4n) is 3.42. The molecule has 7 heteroatoms. The lowest BCUT2D eigenvalue weighted by Gasteiger charge is -2.12. The van der Waals surface area contributed by atoms with E-state index in [0.29, 0.717) is 16.6 Å². The zero-order valence-electron chi connectivity index (χ0n) is 17.1. The van der Waals surface area contributed by atoms with E-state index >= 15 is 0 Å². The van der Waals surface area contributed by atoms with Gasteiger partial charge in [0.05, 0.1) is 5.02 Å². The van der Waals surface area contributed by atoms with Crippen molar-refractivity contribution >= 4 is 34.3 Å². The SMILES string of the molecule is Clc1ccc(OCc2nnc(SCc3ccccc3)n2-c2ccccc2)c2ncccc12. The van der Waals surface area contributed by atoms with E-state index in [-0.39, 0.29) is 6.61 Å². The van der Waals surface area contributed by atoms with Gasteiger partial charge >= 0.3 is 0 Å². The highest BCUT2D eigenvalue weighted by molar-refractivity contribution is 7.98. The van der Waals surface area contributed by atoms with Gasteiger partial charge in [0.25, 0.3) is 0 Å². The minimum Gasteiger partial charge on any atom is -0.483 e. The molecule has 0 aliphatic rings. The van der Waals surface area contributed by atoms with E-state index in [1.165, 1.54) is 5.56 Å². The standard InChI is InChI=1S/C25H19ClN4OS/c26-21-13-14-22(24-20(21)12-7-15-27-24)31-16-23-28-29-25(30(23)19-10-5-2-6-11-19)32-17-18-8-3-1-4-9-18/h1-15H,16-17H2. The lowest BCUT2D eigenvalue weighted by Crippen LogP contribution is -2.07. The summed E-state index contributed by atoms with van der Waals surface area (Å²) >= 11 is 7.96. The number of hydrogen-bond acceptors (Lipinski definition) is 5. The zero-order valence-corrected chi connectivity index (χ0v) is 18.6. The van der Waals surface area contributed by atoms with Crippen LogP contribution >= 0.6 is 23.4 Å². The first-order valence-electron chi connectivity index (χ1n) is 10.1. The smallest absolute Gasteiger partial charge is 0.196 e. The number of fused-ring (bicyclic) bond motifs is 1. The van der Waals surface area contributed by atoms with E-state index in [1.807, 2.05) is 77.4 Å². The van der Waals surface area contributed by atoms with Crippen LogP contribution in [0.2, 0.25) is 5.02 Å². The molecular formula is C25H19ClN4OS. The number of halogens is 1. The molecular weight excluding hydrogens is 440 g/mol. The van der Waals surface area contributed by atoms with E-state index in [1.54, 1.807) is 18.0 Å². The van der Waals surface area contributed by atoms with Crippen LogP contribution in [0.5, 0.6) is 5.75 Å². The van der Waals surface area contributed by atoms with E-state index in [0.717, 1.165) is 27.5 Å². The number of benzene rings is 3. The Kier molecular flexibility index (Phi) is 6.05. The van der Waals surface area contributed by atoms with Gasteiger partial charge in [0.2, 0.25) is 0 Å². The van der Waals surface area contributed by atoms with Crippen LogP contribution in [0.25, 0.3) is 16.6 Å². The monoisotopic (exact) mass is 458 g/mol. The van der Waals surface area contributed by atoms with Gasteiger partial charge in [-0.1, -0.05) is 71.9 Å². The van der Waals surface area contributed by atoms with Crippen molar-refractivity contribution in [3.63, 3.8) is 0 Å². The molecule has 2 aromatic heterocycles. The maximum atomic E-state index is 6.32. The van der Waals surface area contributed by atoms with Crippen molar-refractivity contribution in [1.82, 2.24) is 19.7 Å². The molecule has 0 unspecified atom stereocenters. The maximum absolute atomic E-state index is 6.32. The third kappa shape index (κ3) is 4.33. The number of nitrogens with zero attached hydrogens (tertiary/aromatic N) is 4. The summed E-state index contributed by atoms with van der Waals surface area (Å²) in [5, 5.41) is 11.2. The minimum atomic E-state index is 0.251. The van der Waals surface area contributed by atoms with E-state index < -0.39 is 0 Å². The van der Waals surface area contributed by atoms with Crippen LogP contribution < -0.4 is 4.74 Å².